The Morgan fingerprint density at radius 2 is 1.75 bits per heavy atom. The Kier molecular flexibility index (Phi) is 6.90. The summed E-state index contributed by atoms with van der Waals surface area (Å²) < 4.78 is 16.7. The highest BCUT2D eigenvalue weighted by Crippen LogP contribution is 2.28. The topological polar surface area (TPSA) is 44.8 Å². The molecule has 24 heavy (non-hydrogen) atoms. The molecule has 4 nitrogen and oxygen atoms in total. The van der Waals surface area contributed by atoms with Crippen molar-refractivity contribution in [3.63, 3.8) is 0 Å². The molecule has 0 fully saturated rings. The molecular weight excluding hydrogens is 304 g/mol. The molecule has 0 aliphatic rings. The Morgan fingerprint density at radius 3 is 2.46 bits per heavy atom. The highest BCUT2D eigenvalue weighted by molar-refractivity contribution is 5.79. The molecule has 0 aliphatic carbocycles. The zero-order chi connectivity index (χ0) is 17.2. The minimum atomic E-state index is 0.474. The normalized spacial score (nSPS) is 10.0. The molecule has 0 aromatic heterocycles. The molecule has 0 saturated heterocycles. The van der Waals surface area contributed by atoms with Crippen molar-refractivity contribution in [3.8, 4) is 17.2 Å². The van der Waals surface area contributed by atoms with Crippen molar-refractivity contribution < 1.29 is 19.0 Å². The number of rotatable bonds is 10. The molecule has 2 rings (SSSR count). The minimum absolute atomic E-state index is 0.474. The summed E-state index contributed by atoms with van der Waals surface area (Å²) in [7, 11) is 1.62. The van der Waals surface area contributed by atoms with Crippen molar-refractivity contribution in [3.05, 3.63) is 66.2 Å². The molecule has 0 unspecified atom stereocenters. The number of hydrogen-bond acceptors (Lipinski definition) is 4. The molecule has 0 aliphatic heterocycles. The molecule has 0 atom stereocenters. The summed E-state index contributed by atoms with van der Waals surface area (Å²) in [5, 5.41) is 0. The van der Waals surface area contributed by atoms with Crippen LogP contribution in [0.15, 0.2) is 55.1 Å². The van der Waals surface area contributed by atoms with E-state index in [9.17, 15) is 4.79 Å². The average Bonchev–Trinajstić information content (AvgIpc) is 2.62. The lowest BCUT2D eigenvalue weighted by Crippen LogP contribution is -2.06. The van der Waals surface area contributed by atoms with Gasteiger partial charge in [-0.15, -0.1) is 6.58 Å². The average molecular weight is 326 g/mol. The summed E-state index contributed by atoms with van der Waals surface area (Å²) in [5.74, 6) is 2.01. The fourth-order valence-electron chi connectivity index (χ4n) is 2.26. The Morgan fingerprint density at radius 1 is 1.00 bits per heavy atom. The summed E-state index contributed by atoms with van der Waals surface area (Å²) in [4.78, 5) is 10.9. The Labute approximate surface area is 142 Å². The first-order chi connectivity index (χ1) is 11.8. The first-order valence-electron chi connectivity index (χ1n) is 7.86. The van der Waals surface area contributed by atoms with Crippen LogP contribution >= 0.6 is 0 Å². The van der Waals surface area contributed by atoms with E-state index in [4.69, 9.17) is 14.2 Å². The number of carbonyl (C=O) groups is 1. The van der Waals surface area contributed by atoms with Gasteiger partial charge in [0.05, 0.1) is 25.9 Å². The molecule has 0 bridgehead atoms. The second kappa shape index (κ2) is 9.40. The lowest BCUT2D eigenvalue weighted by molar-refractivity contribution is 0.111. The molecule has 0 amide bonds. The van der Waals surface area contributed by atoms with Crippen molar-refractivity contribution >= 4 is 6.29 Å². The van der Waals surface area contributed by atoms with Crippen LogP contribution in [0.25, 0.3) is 0 Å². The first kappa shape index (κ1) is 17.6. The van der Waals surface area contributed by atoms with Gasteiger partial charge in [0.2, 0.25) is 0 Å². The first-order valence-corrected chi connectivity index (χ1v) is 7.86. The second-order valence-corrected chi connectivity index (χ2v) is 5.18. The third-order valence-electron chi connectivity index (χ3n) is 3.46. The molecular formula is C20H22O4. The largest absolute Gasteiger partial charge is 0.493 e. The SMILES string of the molecule is C=CCc1ccc(OCCCOc2ccccc2C=O)c(OC)c1. The number of methoxy groups -OCH3 is 1. The van der Waals surface area contributed by atoms with Gasteiger partial charge < -0.3 is 14.2 Å². The third kappa shape index (κ3) is 4.88. The third-order valence-corrected chi connectivity index (χ3v) is 3.46. The standard InChI is InChI=1S/C20H22O4/c1-3-7-16-10-11-19(20(14-16)22-2)24-13-6-12-23-18-9-5-4-8-17(18)15-21/h3-5,8-11,14-15H,1,6-7,12-13H2,2H3. The molecule has 4 heteroatoms. The van der Waals surface area contributed by atoms with Crippen molar-refractivity contribution in [2.45, 2.75) is 12.8 Å². The van der Waals surface area contributed by atoms with E-state index in [1.165, 1.54) is 0 Å². The molecule has 126 valence electrons. The van der Waals surface area contributed by atoms with Crippen LogP contribution in [0.2, 0.25) is 0 Å². The quantitative estimate of drug-likeness (QED) is 0.375. The van der Waals surface area contributed by atoms with Gasteiger partial charge in [-0.05, 0) is 36.2 Å². The van der Waals surface area contributed by atoms with Crippen molar-refractivity contribution in [1.29, 1.82) is 0 Å². The van der Waals surface area contributed by atoms with E-state index in [1.54, 1.807) is 19.2 Å². The predicted molar refractivity (Wildman–Crippen MR) is 94.3 cm³/mol. The van der Waals surface area contributed by atoms with Crippen LogP contribution in [0, 0.1) is 0 Å². The zero-order valence-corrected chi connectivity index (χ0v) is 13.9. The van der Waals surface area contributed by atoms with E-state index in [2.05, 4.69) is 6.58 Å². The fourth-order valence-corrected chi connectivity index (χ4v) is 2.26. The van der Waals surface area contributed by atoms with Gasteiger partial charge >= 0.3 is 0 Å². The van der Waals surface area contributed by atoms with E-state index < -0.39 is 0 Å². The Balaban J connectivity index is 1.82. The smallest absolute Gasteiger partial charge is 0.161 e. The maximum atomic E-state index is 10.9. The predicted octanol–water partition coefficient (Wildman–Crippen LogP) is 4.08. The summed E-state index contributed by atoms with van der Waals surface area (Å²) in [6.07, 6.45) is 4.14. The van der Waals surface area contributed by atoms with Crippen LogP contribution in [0.4, 0.5) is 0 Å². The zero-order valence-electron chi connectivity index (χ0n) is 13.9. The van der Waals surface area contributed by atoms with Crippen molar-refractivity contribution in [2.24, 2.45) is 0 Å². The molecule has 0 radical (unpaired) electrons. The molecule has 2 aromatic rings. The summed E-state index contributed by atoms with van der Waals surface area (Å²) in [6.45, 7) is 4.71. The Bertz CT molecular complexity index is 679. The number of benzene rings is 2. The molecule has 0 heterocycles. The van der Waals surface area contributed by atoms with Crippen molar-refractivity contribution in [2.75, 3.05) is 20.3 Å². The molecule has 0 spiro atoms. The van der Waals surface area contributed by atoms with Gasteiger partial charge in [-0.25, -0.2) is 0 Å². The van der Waals surface area contributed by atoms with E-state index in [0.29, 0.717) is 42.4 Å². The van der Waals surface area contributed by atoms with E-state index in [0.717, 1.165) is 18.3 Å². The van der Waals surface area contributed by atoms with Gasteiger partial charge in [0.25, 0.3) is 0 Å². The molecule has 0 saturated carbocycles. The Hall–Kier alpha value is -2.75. The van der Waals surface area contributed by atoms with Gasteiger partial charge in [-0.2, -0.15) is 0 Å². The van der Waals surface area contributed by atoms with Gasteiger partial charge in [0.1, 0.15) is 5.75 Å². The number of aldehydes is 1. The van der Waals surface area contributed by atoms with E-state index in [-0.39, 0.29) is 0 Å². The fraction of sp³-hybridized carbons (Fsp3) is 0.250. The van der Waals surface area contributed by atoms with Crippen LogP contribution in [0.5, 0.6) is 17.2 Å². The molecule has 2 aromatic carbocycles. The highest BCUT2D eigenvalue weighted by atomic mass is 16.5. The van der Waals surface area contributed by atoms with Crippen LogP contribution in [-0.2, 0) is 6.42 Å². The van der Waals surface area contributed by atoms with Gasteiger partial charge in [-0.1, -0.05) is 24.3 Å². The monoisotopic (exact) mass is 326 g/mol. The number of allylic oxidation sites excluding steroid dienone is 1. The van der Waals surface area contributed by atoms with Gasteiger partial charge in [-0.3, -0.25) is 4.79 Å². The summed E-state index contributed by atoms with van der Waals surface area (Å²) >= 11 is 0. The summed E-state index contributed by atoms with van der Waals surface area (Å²) in [5.41, 5.74) is 1.68. The maximum absolute atomic E-state index is 10.9. The number of ether oxygens (including phenoxy) is 3. The van der Waals surface area contributed by atoms with Crippen molar-refractivity contribution in [1.82, 2.24) is 0 Å². The number of para-hydroxylation sites is 1. The lowest BCUT2D eigenvalue weighted by atomic mass is 10.1. The van der Waals surface area contributed by atoms with Gasteiger partial charge in [0.15, 0.2) is 17.8 Å². The maximum Gasteiger partial charge on any atom is 0.161 e. The van der Waals surface area contributed by atoms with Crippen LogP contribution in [0.1, 0.15) is 22.3 Å². The minimum Gasteiger partial charge on any atom is -0.493 e. The van der Waals surface area contributed by atoms with E-state index in [1.807, 2.05) is 36.4 Å². The van der Waals surface area contributed by atoms with Crippen LogP contribution in [0.3, 0.4) is 0 Å². The van der Waals surface area contributed by atoms with Crippen LogP contribution in [-0.4, -0.2) is 26.6 Å². The van der Waals surface area contributed by atoms with Gasteiger partial charge in [0, 0.05) is 6.42 Å². The van der Waals surface area contributed by atoms with Crippen LogP contribution < -0.4 is 14.2 Å². The second-order valence-electron chi connectivity index (χ2n) is 5.18. The lowest BCUT2D eigenvalue weighted by Gasteiger charge is -2.12. The molecule has 0 N–H and O–H groups in total. The highest BCUT2D eigenvalue weighted by Gasteiger charge is 2.06. The summed E-state index contributed by atoms with van der Waals surface area (Å²) in [6, 6.07) is 13.0. The van der Waals surface area contributed by atoms with E-state index >= 15 is 0 Å². The number of carbonyl (C=O) groups excluding carboxylic acids is 1. The number of hydrogen-bond donors (Lipinski definition) is 0.